The van der Waals surface area contributed by atoms with Crippen molar-refractivity contribution in [1.29, 1.82) is 0 Å². The Morgan fingerprint density at radius 2 is 1.71 bits per heavy atom. The molecule has 224 valence electrons. The van der Waals surface area contributed by atoms with E-state index in [9.17, 15) is 8.42 Å². The smallest absolute Gasteiger partial charge is 0.296 e. The van der Waals surface area contributed by atoms with E-state index in [0.717, 1.165) is 16.8 Å². The third-order valence-electron chi connectivity index (χ3n) is 5.96. The van der Waals surface area contributed by atoms with E-state index in [1.807, 2.05) is 61.2 Å². The van der Waals surface area contributed by atoms with E-state index >= 15 is 0 Å². The molecule has 0 aliphatic heterocycles. The molecule has 0 bridgehead atoms. The third kappa shape index (κ3) is 10.1. The van der Waals surface area contributed by atoms with Crippen LogP contribution in [0.4, 0.5) is 5.69 Å². The molecule has 0 fully saturated rings. The molecule has 0 atom stereocenters. The molecule has 1 heterocycles. The summed E-state index contributed by atoms with van der Waals surface area (Å²) in [5.74, 6) is 2.13. The molecule has 3 rings (SSSR count). The normalized spacial score (nSPS) is 12.1. The summed E-state index contributed by atoms with van der Waals surface area (Å²) in [6.45, 7) is 8.54. The summed E-state index contributed by atoms with van der Waals surface area (Å²) in [6, 6.07) is 19.7. The number of aryl methyl sites for hydroxylation is 1. The quantitative estimate of drug-likeness (QED) is 0.0579. The molecule has 0 aliphatic carbocycles. The monoisotopic (exact) mass is 594 g/mol. The minimum atomic E-state index is -3.85. The van der Waals surface area contributed by atoms with Gasteiger partial charge in [-0.3, -0.25) is 4.18 Å². The van der Waals surface area contributed by atoms with Crippen LogP contribution in [0.25, 0.3) is 0 Å². The Bertz CT molecular complexity index is 1450. The first kappa shape index (κ1) is 32.4. The standard InChI is InChI=1S/C32H38N2O7S/c1-25-14-17-29(18-15-25)42(35,36)40-22-10-21-39-31(19-16-27(3)38-5)26(2)23-34(24-37-4)30-13-9-20-33-32(30)41-28-11-7-6-8-12-28/h6-9,11-20H,3,10,21-24H2,1-2,4-5H3/b19-16-,31-26-. The van der Waals surface area contributed by atoms with Crippen molar-refractivity contribution in [2.45, 2.75) is 25.2 Å². The molecule has 0 amide bonds. The highest BCUT2D eigenvalue weighted by Gasteiger charge is 2.17. The Balaban J connectivity index is 1.73. The van der Waals surface area contributed by atoms with Gasteiger partial charge in [0.15, 0.2) is 0 Å². The van der Waals surface area contributed by atoms with Crippen LogP contribution in [0.15, 0.2) is 114 Å². The van der Waals surface area contributed by atoms with Gasteiger partial charge in [-0.05, 0) is 68.0 Å². The number of benzene rings is 2. The highest BCUT2D eigenvalue weighted by molar-refractivity contribution is 7.86. The van der Waals surface area contributed by atoms with Crippen LogP contribution < -0.4 is 9.64 Å². The van der Waals surface area contributed by atoms with Crippen LogP contribution in [-0.2, 0) is 28.5 Å². The fraction of sp³-hybridized carbons (Fsp3) is 0.281. The summed E-state index contributed by atoms with van der Waals surface area (Å²) in [4.78, 5) is 6.54. The highest BCUT2D eigenvalue weighted by atomic mass is 32.2. The van der Waals surface area contributed by atoms with Crippen molar-refractivity contribution in [3.63, 3.8) is 0 Å². The first-order valence-electron chi connectivity index (χ1n) is 13.3. The van der Waals surface area contributed by atoms with Crippen LogP contribution in [0, 0.1) is 6.92 Å². The van der Waals surface area contributed by atoms with Crippen LogP contribution >= 0.6 is 0 Å². The average Bonchev–Trinajstić information content (AvgIpc) is 2.99. The molecule has 0 unspecified atom stereocenters. The van der Waals surface area contributed by atoms with Crippen molar-refractivity contribution in [2.75, 3.05) is 45.6 Å². The Hall–Kier alpha value is -4.12. The Labute approximate surface area is 248 Å². The second-order valence-electron chi connectivity index (χ2n) is 9.30. The average molecular weight is 595 g/mol. The number of methoxy groups -OCH3 is 2. The molecule has 0 N–H and O–H groups in total. The van der Waals surface area contributed by atoms with Gasteiger partial charge in [-0.15, -0.1) is 0 Å². The molecular weight excluding hydrogens is 556 g/mol. The van der Waals surface area contributed by atoms with Gasteiger partial charge in [0.2, 0.25) is 5.88 Å². The molecular formula is C32H38N2O7S. The summed E-state index contributed by atoms with van der Waals surface area (Å²) in [6.07, 6.45) is 5.48. The first-order valence-corrected chi connectivity index (χ1v) is 14.8. The van der Waals surface area contributed by atoms with Gasteiger partial charge in [-0.1, -0.05) is 42.5 Å². The molecule has 10 heteroatoms. The fourth-order valence-electron chi connectivity index (χ4n) is 3.76. The SMILES string of the molecule is C=C(/C=C\C(OCCCOS(=O)(=O)c1ccc(C)cc1)=C(/C)CN(COC)c1cccnc1Oc1ccccc1)OC. The second-order valence-corrected chi connectivity index (χ2v) is 10.9. The van der Waals surface area contributed by atoms with E-state index in [-0.39, 0.29) is 24.8 Å². The topological polar surface area (TPSA) is 96.4 Å². The number of aromatic nitrogens is 1. The van der Waals surface area contributed by atoms with Gasteiger partial charge in [0.25, 0.3) is 10.1 Å². The van der Waals surface area contributed by atoms with Gasteiger partial charge in [-0.2, -0.15) is 8.42 Å². The van der Waals surface area contributed by atoms with Gasteiger partial charge >= 0.3 is 0 Å². The van der Waals surface area contributed by atoms with E-state index in [1.165, 1.54) is 19.2 Å². The number of anilines is 1. The van der Waals surface area contributed by atoms with Gasteiger partial charge in [0, 0.05) is 26.3 Å². The van der Waals surface area contributed by atoms with Crippen molar-refractivity contribution in [2.24, 2.45) is 0 Å². The van der Waals surface area contributed by atoms with Crippen LogP contribution in [0.2, 0.25) is 0 Å². The van der Waals surface area contributed by atoms with E-state index in [0.29, 0.717) is 36.1 Å². The first-order chi connectivity index (χ1) is 20.2. The molecule has 2 aromatic carbocycles. The maximum absolute atomic E-state index is 12.5. The largest absolute Gasteiger partial charge is 0.497 e. The molecule has 42 heavy (non-hydrogen) atoms. The van der Waals surface area contributed by atoms with Crippen LogP contribution in [0.1, 0.15) is 18.9 Å². The van der Waals surface area contributed by atoms with Gasteiger partial charge < -0.3 is 23.8 Å². The van der Waals surface area contributed by atoms with Crippen LogP contribution in [0.5, 0.6) is 11.6 Å². The molecule has 0 saturated heterocycles. The molecule has 0 radical (unpaired) electrons. The Morgan fingerprint density at radius 1 is 0.976 bits per heavy atom. The molecule has 0 spiro atoms. The number of hydrogen-bond donors (Lipinski definition) is 0. The zero-order chi connectivity index (χ0) is 30.4. The number of pyridine rings is 1. The predicted octanol–water partition coefficient (Wildman–Crippen LogP) is 6.40. The second kappa shape index (κ2) is 16.4. The van der Waals surface area contributed by atoms with Crippen molar-refractivity contribution in [1.82, 2.24) is 4.98 Å². The van der Waals surface area contributed by atoms with Crippen molar-refractivity contribution in [3.05, 3.63) is 114 Å². The maximum atomic E-state index is 12.5. The summed E-state index contributed by atoms with van der Waals surface area (Å²) in [5.41, 5.74) is 2.57. The number of hydrogen-bond acceptors (Lipinski definition) is 9. The lowest BCUT2D eigenvalue weighted by molar-refractivity contribution is 0.187. The van der Waals surface area contributed by atoms with Crippen molar-refractivity contribution >= 4 is 15.8 Å². The lowest BCUT2D eigenvalue weighted by atomic mass is 10.2. The Kier molecular flexibility index (Phi) is 12.6. The molecule has 9 nitrogen and oxygen atoms in total. The number of para-hydroxylation sites is 1. The summed E-state index contributed by atoms with van der Waals surface area (Å²) in [5, 5.41) is 0. The highest BCUT2D eigenvalue weighted by Crippen LogP contribution is 2.30. The Morgan fingerprint density at radius 3 is 2.40 bits per heavy atom. The van der Waals surface area contributed by atoms with E-state index < -0.39 is 10.1 Å². The summed E-state index contributed by atoms with van der Waals surface area (Å²) in [7, 11) is -0.697. The number of nitrogens with zero attached hydrogens (tertiary/aromatic N) is 2. The third-order valence-corrected chi connectivity index (χ3v) is 7.29. The van der Waals surface area contributed by atoms with Crippen LogP contribution in [0.3, 0.4) is 0 Å². The van der Waals surface area contributed by atoms with Gasteiger partial charge in [0.1, 0.15) is 29.7 Å². The maximum Gasteiger partial charge on any atom is 0.296 e. The minimum absolute atomic E-state index is 0.0251. The van der Waals surface area contributed by atoms with Crippen molar-refractivity contribution in [3.8, 4) is 11.6 Å². The zero-order valence-electron chi connectivity index (χ0n) is 24.5. The molecule has 0 saturated carbocycles. The van der Waals surface area contributed by atoms with E-state index in [2.05, 4.69) is 11.6 Å². The molecule has 3 aromatic rings. The van der Waals surface area contributed by atoms with Gasteiger partial charge in [0.05, 0.1) is 25.2 Å². The van der Waals surface area contributed by atoms with Crippen LogP contribution in [-0.4, -0.2) is 54.1 Å². The molecule has 1 aromatic heterocycles. The van der Waals surface area contributed by atoms with E-state index in [4.69, 9.17) is 23.1 Å². The number of rotatable bonds is 17. The van der Waals surface area contributed by atoms with Crippen molar-refractivity contribution < 1.29 is 31.5 Å². The zero-order valence-corrected chi connectivity index (χ0v) is 25.3. The molecule has 0 aliphatic rings. The lowest BCUT2D eigenvalue weighted by Gasteiger charge is -2.26. The minimum Gasteiger partial charge on any atom is -0.497 e. The fourth-order valence-corrected chi connectivity index (χ4v) is 4.70. The lowest BCUT2D eigenvalue weighted by Crippen LogP contribution is -2.28. The summed E-state index contributed by atoms with van der Waals surface area (Å²) >= 11 is 0. The predicted molar refractivity (Wildman–Crippen MR) is 163 cm³/mol. The number of allylic oxidation sites excluding steroid dienone is 2. The van der Waals surface area contributed by atoms with E-state index in [1.54, 1.807) is 37.6 Å². The number of ether oxygens (including phenoxy) is 4. The van der Waals surface area contributed by atoms with Gasteiger partial charge in [-0.25, -0.2) is 4.98 Å². The summed E-state index contributed by atoms with van der Waals surface area (Å²) < 4.78 is 53.0.